The smallest absolute Gasteiger partial charge is 0.256 e. The van der Waals surface area contributed by atoms with Gasteiger partial charge in [0.15, 0.2) is 0 Å². The van der Waals surface area contributed by atoms with E-state index in [1.807, 2.05) is 59.5 Å². The Morgan fingerprint density at radius 3 is 2.48 bits per heavy atom. The van der Waals surface area contributed by atoms with Gasteiger partial charge in [-0.15, -0.1) is 0 Å². The van der Waals surface area contributed by atoms with E-state index in [2.05, 4.69) is 10.3 Å². The summed E-state index contributed by atoms with van der Waals surface area (Å²) < 4.78 is 1.48. The first-order valence-electron chi connectivity index (χ1n) is 13.9. The molecule has 1 spiro atoms. The van der Waals surface area contributed by atoms with Gasteiger partial charge in [0.1, 0.15) is 0 Å². The van der Waals surface area contributed by atoms with Gasteiger partial charge >= 0.3 is 0 Å². The summed E-state index contributed by atoms with van der Waals surface area (Å²) in [6, 6.07) is 18.6. The zero-order chi connectivity index (χ0) is 27.9. The Kier molecular flexibility index (Phi) is 6.58. The number of aromatic amines is 1. The summed E-state index contributed by atoms with van der Waals surface area (Å²) in [4.78, 5) is 45.0. The first kappa shape index (κ1) is 26.1. The summed E-state index contributed by atoms with van der Waals surface area (Å²) in [7, 11) is 1.56. The molecular weight excluding hydrogens is 504 g/mol. The normalized spacial score (nSPS) is 20.2. The number of aromatic nitrogens is 2. The average molecular weight is 539 g/mol. The van der Waals surface area contributed by atoms with E-state index in [0.29, 0.717) is 36.2 Å². The first-order valence-corrected chi connectivity index (χ1v) is 13.9. The van der Waals surface area contributed by atoms with Crippen LogP contribution < -0.4 is 10.9 Å². The molecular formula is C32H34N4O4. The molecule has 2 fully saturated rings. The fourth-order valence-corrected chi connectivity index (χ4v) is 6.84. The molecule has 1 unspecified atom stereocenters. The SMILES string of the molecule is CNC(=O)c1cn(CC2(O)CCN(C(=O)c3c[nH]c4ccccc34)CC23CCCC3)c(=O)cc1-c1ccccc1. The number of likely N-dealkylation sites (tertiary alicyclic amines) is 1. The zero-order valence-corrected chi connectivity index (χ0v) is 22.7. The lowest BCUT2D eigenvalue weighted by molar-refractivity contribution is -0.135. The summed E-state index contributed by atoms with van der Waals surface area (Å²) in [6.45, 7) is 0.886. The molecule has 4 aromatic rings. The molecule has 3 N–H and O–H groups in total. The van der Waals surface area contributed by atoms with Crippen LogP contribution in [0, 0.1) is 5.41 Å². The molecule has 40 heavy (non-hydrogen) atoms. The molecule has 2 aromatic heterocycles. The molecule has 1 saturated heterocycles. The van der Waals surface area contributed by atoms with Crippen LogP contribution in [-0.4, -0.2) is 57.1 Å². The van der Waals surface area contributed by atoms with Crippen molar-refractivity contribution in [1.82, 2.24) is 19.8 Å². The third-order valence-corrected chi connectivity index (χ3v) is 9.06. The van der Waals surface area contributed by atoms with Gasteiger partial charge in [-0.25, -0.2) is 0 Å². The van der Waals surface area contributed by atoms with Gasteiger partial charge < -0.3 is 24.9 Å². The van der Waals surface area contributed by atoms with E-state index in [9.17, 15) is 19.5 Å². The van der Waals surface area contributed by atoms with Gasteiger partial charge in [0.05, 0.1) is 23.3 Å². The van der Waals surface area contributed by atoms with Gasteiger partial charge in [0, 0.05) is 60.5 Å². The number of para-hydroxylation sites is 1. The number of amides is 2. The number of hydrogen-bond donors (Lipinski definition) is 3. The quantitative estimate of drug-likeness (QED) is 0.354. The molecule has 8 heteroatoms. The van der Waals surface area contributed by atoms with Crippen molar-refractivity contribution in [3.8, 4) is 11.1 Å². The van der Waals surface area contributed by atoms with Crippen LogP contribution in [0.5, 0.6) is 0 Å². The van der Waals surface area contributed by atoms with Crippen LogP contribution in [0.3, 0.4) is 0 Å². The highest BCUT2D eigenvalue weighted by molar-refractivity contribution is 6.06. The number of hydrogen-bond acceptors (Lipinski definition) is 4. The molecule has 0 bridgehead atoms. The second-order valence-corrected chi connectivity index (χ2v) is 11.3. The van der Waals surface area contributed by atoms with Gasteiger partial charge in [-0.3, -0.25) is 14.4 Å². The molecule has 6 rings (SSSR count). The minimum absolute atomic E-state index is 0.0444. The summed E-state index contributed by atoms with van der Waals surface area (Å²) >= 11 is 0. The zero-order valence-electron chi connectivity index (χ0n) is 22.7. The molecule has 1 aliphatic carbocycles. The van der Waals surface area contributed by atoms with E-state index in [4.69, 9.17) is 0 Å². The van der Waals surface area contributed by atoms with Crippen LogP contribution in [-0.2, 0) is 6.54 Å². The minimum Gasteiger partial charge on any atom is -0.387 e. The van der Waals surface area contributed by atoms with Crippen molar-refractivity contribution in [2.75, 3.05) is 20.1 Å². The van der Waals surface area contributed by atoms with Crippen molar-refractivity contribution in [2.45, 2.75) is 44.2 Å². The van der Waals surface area contributed by atoms with Crippen molar-refractivity contribution in [3.63, 3.8) is 0 Å². The lowest BCUT2D eigenvalue weighted by atomic mass is 9.65. The van der Waals surface area contributed by atoms with Crippen molar-refractivity contribution in [3.05, 3.63) is 94.5 Å². The van der Waals surface area contributed by atoms with Gasteiger partial charge in [-0.1, -0.05) is 61.4 Å². The van der Waals surface area contributed by atoms with E-state index in [1.165, 1.54) is 10.6 Å². The van der Waals surface area contributed by atoms with E-state index in [1.54, 1.807) is 19.4 Å². The van der Waals surface area contributed by atoms with Crippen LogP contribution in [0.25, 0.3) is 22.0 Å². The number of aliphatic hydroxyl groups is 1. The molecule has 2 aliphatic rings. The van der Waals surface area contributed by atoms with Gasteiger partial charge in [-0.2, -0.15) is 0 Å². The maximum Gasteiger partial charge on any atom is 0.256 e. The number of carbonyl (C=O) groups excluding carboxylic acids is 2. The summed E-state index contributed by atoms with van der Waals surface area (Å²) in [5.74, 6) is -0.341. The number of H-pyrrole nitrogens is 1. The van der Waals surface area contributed by atoms with Crippen molar-refractivity contribution in [2.24, 2.45) is 5.41 Å². The van der Waals surface area contributed by atoms with E-state index in [0.717, 1.165) is 42.1 Å². The van der Waals surface area contributed by atoms with Crippen LogP contribution in [0.1, 0.15) is 52.8 Å². The van der Waals surface area contributed by atoms with Gasteiger partial charge in [0.25, 0.3) is 17.4 Å². The Hall–Kier alpha value is -4.17. The first-order chi connectivity index (χ1) is 19.3. The van der Waals surface area contributed by atoms with Crippen LogP contribution in [0.4, 0.5) is 0 Å². The molecule has 1 aliphatic heterocycles. The maximum atomic E-state index is 13.7. The topological polar surface area (TPSA) is 107 Å². The van der Waals surface area contributed by atoms with Crippen molar-refractivity contribution < 1.29 is 14.7 Å². The third-order valence-electron chi connectivity index (χ3n) is 9.06. The highest BCUT2D eigenvalue weighted by atomic mass is 16.3. The fourth-order valence-electron chi connectivity index (χ4n) is 6.84. The predicted octanol–water partition coefficient (Wildman–Crippen LogP) is 4.19. The number of carbonyl (C=O) groups is 2. The third kappa shape index (κ3) is 4.32. The molecule has 2 aromatic carbocycles. The van der Waals surface area contributed by atoms with Crippen LogP contribution >= 0.6 is 0 Å². The second kappa shape index (κ2) is 10.1. The van der Waals surface area contributed by atoms with Crippen molar-refractivity contribution >= 4 is 22.7 Å². The molecule has 1 atom stereocenters. The summed E-state index contributed by atoms with van der Waals surface area (Å²) in [5, 5.41) is 15.8. The summed E-state index contributed by atoms with van der Waals surface area (Å²) in [6.07, 6.45) is 7.17. The lowest BCUT2D eigenvalue weighted by Gasteiger charge is -2.52. The molecule has 1 saturated carbocycles. The number of benzene rings is 2. The molecule has 206 valence electrons. The number of piperidine rings is 1. The van der Waals surface area contributed by atoms with E-state index in [-0.39, 0.29) is 23.9 Å². The standard InChI is InChI=1S/C32H34N4O4/c1-33-29(38)26-19-36(28(37)17-24(26)22-9-3-2-4-10-22)21-32(40)15-16-35(20-31(32)13-7-8-14-31)30(39)25-18-34-27-12-6-5-11-23(25)27/h2-6,9-12,17-19,34,40H,7-8,13-16,20-21H2,1H3,(H,33,38). The highest BCUT2D eigenvalue weighted by Crippen LogP contribution is 2.52. The fraction of sp³-hybridized carbons (Fsp3) is 0.344. The number of rotatable bonds is 5. The second-order valence-electron chi connectivity index (χ2n) is 11.3. The Morgan fingerprint density at radius 2 is 1.73 bits per heavy atom. The lowest BCUT2D eigenvalue weighted by Crippen LogP contribution is -2.62. The Labute approximate surface area is 232 Å². The molecule has 8 nitrogen and oxygen atoms in total. The predicted molar refractivity (Wildman–Crippen MR) is 154 cm³/mol. The van der Waals surface area contributed by atoms with E-state index < -0.39 is 11.0 Å². The van der Waals surface area contributed by atoms with Crippen molar-refractivity contribution in [1.29, 1.82) is 0 Å². The average Bonchev–Trinajstić information content (AvgIpc) is 3.63. The molecule has 0 radical (unpaired) electrons. The Morgan fingerprint density at radius 1 is 1.00 bits per heavy atom. The Balaban J connectivity index is 1.33. The van der Waals surface area contributed by atoms with Crippen LogP contribution in [0.15, 0.2) is 77.9 Å². The van der Waals surface area contributed by atoms with E-state index >= 15 is 0 Å². The number of nitrogens with zero attached hydrogens (tertiary/aromatic N) is 2. The Bertz CT molecular complexity index is 1630. The maximum absolute atomic E-state index is 13.7. The number of pyridine rings is 1. The monoisotopic (exact) mass is 538 g/mol. The largest absolute Gasteiger partial charge is 0.387 e. The van der Waals surface area contributed by atoms with Gasteiger partial charge in [-0.05, 0) is 30.9 Å². The minimum atomic E-state index is -1.20. The van der Waals surface area contributed by atoms with Gasteiger partial charge in [0.2, 0.25) is 0 Å². The molecule has 2 amide bonds. The van der Waals surface area contributed by atoms with Crippen LogP contribution in [0.2, 0.25) is 0 Å². The molecule has 3 heterocycles. The number of fused-ring (bicyclic) bond motifs is 1. The highest BCUT2D eigenvalue weighted by Gasteiger charge is 2.55. The summed E-state index contributed by atoms with van der Waals surface area (Å²) in [5.41, 5.74) is 1.27. The number of nitrogens with one attached hydrogen (secondary N) is 2.